The van der Waals surface area contributed by atoms with Crippen molar-refractivity contribution in [3.63, 3.8) is 0 Å². The summed E-state index contributed by atoms with van der Waals surface area (Å²) in [4.78, 5) is 16.2. The van der Waals surface area contributed by atoms with Crippen LogP contribution in [-0.4, -0.2) is 21.6 Å². The van der Waals surface area contributed by atoms with Crippen molar-refractivity contribution in [2.24, 2.45) is 10.4 Å². The third kappa shape index (κ3) is 2.83. The fourth-order valence-electron chi connectivity index (χ4n) is 2.02. The van der Waals surface area contributed by atoms with Gasteiger partial charge in [0.15, 0.2) is 5.70 Å². The van der Waals surface area contributed by atoms with Crippen molar-refractivity contribution in [1.29, 1.82) is 0 Å². The molecule has 0 bridgehead atoms. The van der Waals surface area contributed by atoms with Crippen LogP contribution in [0.25, 0.3) is 11.8 Å². The molecule has 0 fully saturated rings. The topological polar surface area (TPSA) is 56.5 Å². The normalized spacial score (nSPS) is 16.8. The minimum Gasteiger partial charge on any atom is -0.406 e. The monoisotopic (exact) mass is 295 g/mol. The summed E-state index contributed by atoms with van der Waals surface area (Å²) < 4.78 is 6.97. The lowest BCUT2D eigenvalue weighted by Crippen LogP contribution is -2.21. The Morgan fingerprint density at radius 1 is 1.18 bits per heavy atom. The summed E-state index contributed by atoms with van der Waals surface area (Å²) in [6.45, 7) is 5.86. The first-order valence-electron chi connectivity index (χ1n) is 7.06. The lowest BCUT2D eigenvalue weighted by atomic mass is 9.97. The van der Waals surface area contributed by atoms with Crippen LogP contribution in [0.15, 0.2) is 53.4 Å². The van der Waals surface area contributed by atoms with E-state index in [1.54, 1.807) is 17.0 Å². The molecule has 0 N–H and O–H groups in total. The van der Waals surface area contributed by atoms with Crippen molar-refractivity contribution in [2.45, 2.75) is 20.8 Å². The summed E-state index contributed by atoms with van der Waals surface area (Å²) in [7, 11) is 0. The summed E-state index contributed by atoms with van der Waals surface area (Å²) in [5, 5.41) is 4.29. The van der Waals surface area contributed by atoms with Gasteiger partial charge in [-0.05, 0) is 18.2 Å². The lowest BCUT2D eigenvalue weighted by molar-refractivity contribution is -0.130. The van der Waals surface area contributed by atoms with E-state index in [9.17, 15) is 4.79 Å². The molecule has 0 saturated heterocycles. The number of ether oxygens (including phenoxy) is 1. The zero-order valence-corrected chi connectivity index (χ0v) is 12.8. The Bertz CT molecular complexity index is 765. The summed E-state index contributed by atoms with van der Waals surface area (Å²) in [5.74, 6) is 0.0246. The summed E-state index contributed by atoms with van der Waals surface area (Å²) in [5.41, 5.74) is 1.77. The molecule has 5 heteroatoms. The number of hydrogen-bond donors (Lipinski definition) is 0. The van der Waals surface area contributed by atoms with E-state index in [1.807, 2.05) is 57.3 Å². The highest BCUT2D eigenvalue weighted by Gasteiger charge is 2.31. The summed E-state index contributed by atoms with van der Waals surface area (Å²) >= 11 is 0. The zero-order valence-electron chi connectivity index (χ0n) is 12.8. The third-order valence-corrected chi connectivity index (χ3v) is 3.19. The van der Waals surface area contributed by atoms with Gasteiger partial charge in [0.1, 0.15) is 0 Å². The number of hydrogen-bond acceptors (Lipinski definition) is 4. The predicted octanol–water partition coefficient (Wildman–Crippen LogP) is 3.21. The number of para-hydroxylation sites is 1. The van der Waals surface area contributed by atoms with E-state index in [4.69, 9.17) is 4.74 Å². The first kappa shape index (κ1) is 14.3. The Balaban J connectivity index is 1.89. The van der Waals surface area contributed by atoms with Crippen molar-refractivity contribution in [3.05, 3.63) is 54.0 Å². The van der Waals surface area contributed by atoms with Gasteiger partial charge in [0.2, 0.25) is 5.90 Å². The molecule has 1 aliphatic heterocycles. The van der Waals surface area contributed by atoms with Crippen molar-refractivity contribution >= 4 is 17.9 Å². The molecule has 2 aromatic rings. The number of aliphatic imine (C=N–C) groups is 1. The van der Waals surface area contributed by atoms with Crippen LogP contribution >= 0.6 is 0 Å². The second-order valence-electron chi connectivity index (χ2n) is 6.14. The Morgan fingerprint density at radius 3 is 2.55 bits per heavy atom. The molecule has 5 nitrogen and oxygen atoms in total. The lowest BCUT2D eigenvalue weighted by Gasteiger charge is -2.15. The zero-order chi connectivity index (χ0) is 15.7. The fourth-order valence-corrected chi connectivity index (χ4v) is 2.02. The Hall–Kier alpha value is -2.69. The van der Waals surface area contributed by atoms with Crippen LogP contribution in [0, 0.1) is 5.41 Å². The fraction of sp³-hybridized carbons (Fsp3) is 0.235. The first-order valence-corrected chi connectivity index (χ1v) is 7.06. The van der Waals surface area contributed by atoms with Gasteiger partial charge < -0.3 is 4.74 Å². The van der Waals surface area contributed by atoms with Crippen LogP contribution in [0.5, 0.6) is 0 Å². The van der Waals surface area contributed by atoms with Crippen LogP contribution in [0.1, 0.15) is 26.3 Å². The van der Waals surface area contributed by atoms with E-state index in [-0.39, 0.29) is 5.41 Å². The first-order chi connectivity index (χ1) is 10.4. The van der Waals surface area contributed by atoms with Crippen LogP contribution in [0.3, 0.4) is 0 Å². The quantitative estimate of drug-likeness (QED) is 0.631. The molecule has 1 aromatic carbocycles. The summed E-state index contributed by atoms with van der Waals surface area (Å²) in [6, 6.07) is 9.77. The van der Waals surface area contributed by atoms with Gasteiger partial charge in [0.05, 0.1) is 11.9 Å². The number of aromatic nitrogens is 2. The van der Waals surface area contributed by atoms with Crippen LogP contribution in [0.2, 0.25) is 0 Å². The van der Waals surface area contributed by atoms with Gasteiger partial charge in [-0.1, -0.05) is 39.0 Å². The average molecular weight is 295 g/mol. The Labute approximate surface area is 128 Å². The minimum absolute atomic E-state index is 0.292. The maximum atomic E-state index is 11.9. The molecular weight excluding hydrogens is 278 g/mol. The van der Waals surface area contributed by atoms with Gasteiger partial charge in [0.25, 0.3) is 0 Å². The van der Waals surface area contributed by atoms with Gasteiger partial charge in [0, 0.05) is 17.2 Å². The van der Waals surface area contributed by atoms with Crippen LogP contribution < -0.4 is 0 Å². The van der Waals surface area contributed by atoms with E-state index in [0.717, 1.165) is 11.3 Å². The van der Waals surface area contributed by atoms with Crippen molar-refractivity contribution < 1.29 is 9.53 Å². The number of cyclic esters (lactones) is 1. The van der Waals surface area contributed by atoms with Gasteiger partial charge in [-0.25, -0.2) is 14.5 Å². The number of carbonyl (C=O) groups excluding carboxylic acids is 1. The molecular formula is C17H17N3O2. The number of esters is 1. The number of carbonyl (C=O) groups is 1. The van der Waals surface area contributed by atoms with Crippen molar-refractivity contribution in [1.82, 2.24) is 9.78 Å². The van der Waals surface area contributed by atoms with E-state index in [1.165, 1.54) is 0 Å². The molecule has 0 spiro atoms. The molecule has 1 aromatic heterocycles. The molecule has 0 radical (unpaired) electrons. The number of benzene rings is 1. The smallest absolute Gasteiger partial charge is 0.363 e. The molecule has 0 aliphatic carbocycles. The largest absolute Gasteiger partial charge is 0.406 e. The van der Waals surface area contributed by atoms with Crippen molar-refractivity contribution in [3.8, 4) is 5.69 Å². The van der Waals surface area contributed by atoms with E-state index in [2.05, 4.69) is 10.1 Å². The second-order valence-corrected chi connectivity index (χ2v) is 6.14. The minimum atomic E-state index is -0.419. The Morgan fingerprint density at radius 2 is 1.91 bits per heavy atom. The number of nitrogens with zero attached hydrogens (tertiary/aromatic N) is 3. The van der Waals surface area contributed by atoms with E-state index >= 15 is 0 Å². The predicted molar refractivity (Wildman–Crippen MR) is 84.5 cm³/mol. The molecule has 3 rings (SSSR count). The molecule has 2 heterocycles. The van der Waals surface area contributed by atoms with Gasteiger partial charge in [-0.2, -0.15) is 5.10 Å². The van der Waals surface area contributed by atoms with Crippen LogP contribution in [-0.2, 0) is 9.53 Å². The molecule has 22 heavy (non-hydrogen) atoms. The second kappa shape index (κ2) is 5.26. The Kier molecular flexibility index (Phi) is 3.41. The highest BCUT2D eigenvalue weighted by molar-refractivity contribution is 6.08. The van der Waals surface area contributed by atoms with E-state index < -0.39 is 5.97 Å². The summed E-state index contributed by atoms with van der Waals surface area (Å²) in [6.07, 6.45) is 5.23. The average Bonchev–Trinajstić information content (AvgIpc) is 3.08. The van der Waals surface area contributed by atoms with E-state index in [0.29, 0.717) is 11.6 Å². The highest BCUT2D eigenvalue weighted by atomic mass is 16.6. The molecule has 0 amide bonds. The molecule has 0 atom stereocenters. The molecule has 0 unspecified atom stereocenters. The maximum Gasteiger partial charge on any atom is 0.363 e. The SMILES string of the molecule is CC(C)(C)C1=N/C(=C/c2cnn(-c3ccccc3)c2)C(=O)O1. The van der Waals surface area contributed by atoms with Gasteiger partial charge in [-0.3, -0.25) is 0 Å². The highest BCUT2D eigenvalue weighted by Crippen LogP contribution is 2.25. The van der Waals surface area contributed by atoms with Crippen molar-refractivity contribution in [2.75, 3.05) is 0 Å². The maximum absolute atomic E-state index is 11.9. The third-order valence-electron chi connectivity index (χ3n) is 3.19. The van der Waals surface area contributed by atoms with Crippen LogP contribution in [0.4, 0.5) is 0 Å². The number of rotatable bonds is 2. The van der Waals surface area contributed by atoms with Gasteiger partial charge in [-0.15, -0.1) is 0 Å². The van der Waals surface area contributed by atoms with Gasteiger partial charge >= 0.3 is 5.97 Å². The molecule has 112 valence electrons. The molecule has 0 saturated carbocycles. The standard InChI is InChI=1S/C17H17N3O2/c1-17(2,3)16-19-14(15(21)22-16)9-12-10-18-20(11-12)13-7-5-4-6-8-13/h4-11H,1-3H3/b14-9+. The molecule has 1 aliphatic rings.